The molecule has 3 aromatic heterocycles. The molecular weight excluding hydrogens is 312 g/mol. The minimum Gasteiger partial charge on any atom is -0.306 e. The van der Waals surface area contributed by atoms with Crippen LogP contribution >= 0.6 is 11.3 Å². The summed E-state index contributed by atoms with van der Waals surface area (Å²) in [5, 5.41) is 3.28. The smallest absolute Gasteiger partial charge is 0.267 e. The highest BCUT2D eigenvalue weighted by Gasteiger charge is 2.20. The van der Waals surface area contributed by atoms with Gasteiger partial charge in [0.05, 0.1) is 10.3 Å². The van der Waals surface area contributed by atoms with Gasteiger partial charge in [-0.3, -0.25) is 14.2 Å². The number of amides is 1. The third-order valence-electron chi connectivity index (χ3n) is 3.73. The van der Waals surface area contributed by atoms with E-state index < -0.39 is 0 Å². The number of pyridine rings is 1. The largest absolute Gasteiger partial charge is 0.306 e. The normalized spacial score (nSPS) is 11.0. The fraction of sp³-hybridized carbons (Fsp3) is 0.250. The Labute approximate surface area is 136 Å². The van der Waals surface area contributed by atoms with E-state index in [1.807, 2.05) is 19.1 Å². The fourth-order valence-electron chi connectivity index (χ4n) is 2.37. The molecule has 23 heavy (non-hydrogen) atoms. The lowest BCUT2D eigenvalue weighted by Gasteiger charge is -2.04. The Balaban J connectivity index is 2.06. The van der Waals surface area contributed by atoms with Gasteiger partial charge in [0.15, 0.2) is 0 Å². The zero-order valence-electron chi connectivity index (χ0n) is 13.3. The lowest BCUT2D eigenvalue weighted by atomic mass is 10.2. The van der Waals surface area contributed by atoms with Gasteiger partial charge in [0, 0.05) is 12.7 Å². The molecule has 0 aromatic carbocycles. The molecule has 0 bridgehead atoms. The van der Waals surface area contributed by atoms with E-state index in [1.165, 1.54) is 15.9 Å². The van der Waals surface area contributed by atoms with Gasteiger partial charge in [-0.2, -0.15) is 0 Å². The summed E-state index contributed by atoms with van der Waals surface area (Å²) in [7, 11) is 1.68. The SMILES string of the molecule is Cc1cccc(NC(=O)c2sc3nc(C)n(C)c(=O)c3c2C)n1. The van der Waals surface area contributed by atoms with E-state index in [-0.39, 0.29) is 11.5 Å². The molecule has 0 saturated carbocycles. The Hall–Kier alpha value is -2.54. The number of anilines is 1. The van der Waals surface area contributed by atoms with Gasteiger partial charge in [-0.05, 0) is 38.5 Å². The number of aromatic nitrogens is 3. The molecule has 118 valence electrons. The molecule has 1 N–H and O–H groups in total. The van der Waals surface area contributed by atoms with Crippen molar-refractivity contribution in [1.29, 1.82) is 0 Å². The molecule has 1 amide bonds. The number of nitrogens with zero attached hydrogens (tertiary/aromatic N) is 3. The first-order valence-electron chi connectivity index (χ1n) is 7.10. The number of hydrogen-bond acceptors (Lipinski definition) is 5. The van der Waals surface area contributed by atoms with Gasteiger partial charge in [0.1, 0.15) is 16.5 Å². The van der Waals surface area contributed by atoms with Crippen molar-refractivity contribution >= 4 is 33.3 Å². The zero-order valence-corrected chi connectivity index (χ0v) is 14.1. The second kappa shape index (κ2) is 5.58. The molecule has 0 fully saturated rings. The summed E-state index contributed by atoms with van der Waals surface area (Å²) >= 11 is 1.23. The van der Waals surface area contributed by atoms with Crippen molar-refractivity contribution in [2.75, 3.05) is 5.32 Å². The highest BCUT2D eigenvalue weighted by Crippen LogP contribution is 2.27. The summed E-state index contributed by atoms with van der Waals surface area (Å²) < 4.78 is 1.49. The van der Waals surface area contributed by atoms with Crippen LogP contribution < -0.4 is 10.9 Å². The number of nitrogens with one attached hydrogen (secondary N) is 1. The van der Waals surface area contributed by atoms with Crippen molar-refractivity contribution in [3.05, 3.63) is 50.5 Å². The van der Waals surface area contributed by atoms with Crippen molar-refractivity contribution in [1.82, 2.24) is 14.5 Å². The van der Waals surface area contributed by atoms with Crippen LogP contribution in [0.15, 0.2) is 23.0 Å². The van der Waals surface area contributed by atoms with Gasteiger partial charge >= 0.3 is 0 Å². The number of carbonyl (C=O) groups excluding carboxylic acids is 1. The highest BCUT2D eigenvalue weighted by molar-refractivity contribution is 7.20. The van der Waals surface area contributed by atoms with E-state index in [4.69, 9.17) is 0 Å². The molecule has 0 aliphatic heterocycles. The number of rotatable bonds is 2. The number of thiophene rings is 1. The molecule has 0 radical (unpaired) electrons. The Morgan fingerprint density at radius 2 is 1.96 bits per heavy atom. The van der Waals surface area contributed by atoms with Crippen LogP contribution in [-0.2, 0) is 7.05 Å². The maximum Gasteiger partial charge on any atom is 0.267 e. The standard InChI is InChI=1S/C16H16N4O2S/c1-8-6-5-7-11(17-8)19-14(21)13-9(2)12-15(23-13)18-10(3)20(4)16(12)22/h5-7H,1-4H3,(H,17,19,21). The monoisotopic (exact) mass is 328 g/mol. The van der Waals surface area contributed by atoms with Crippen LogP contribution in [0.3, 0.4) is 0 Å². The summed E-state index contributed by atoms with van der Waals surface area (Å²) in [4.78, 5) is 34.7. The Bertz CT molecular complexity index is 988. The lowest BCUT2D eigenvalue weighted by molar-refractivity contribution is 0.102. The number of aryl methyl sites for hydroxylation is 3. The van der Waals surface area contributed by atoms with Crippen LogP contribution in [-0.4, -0.2) is 20.4 Å². The van der Waals surface area contributed by atoms with Crippen LogP contribution in [0.4, 0.5) is 5.82 Å². The summed E-state index contributed by atoms with van der Waals surface area (Å²) in [6, 6.07) is 5.42. The fourth-order valence-corrected chi connectivity index (χ4v) is 3.48. The average Bonchev–Trinajstić information content (AvgIpc) is 2.82. The first-order chi connectivity index (χ1) is 10.9. The van der Waals surface area contributed by atoms with E-state index in [1.54, 1.807) is 27.0 Å². The predicted molar refractivity (Wildman–Crippen MR) is 91.3 cm³/mol. The quantitative estimate of drug-likeness (QED) is 0.784. The van der Waals surface area contributed by atoms with Gasteiger partial charge < -0.3 is 5.32 Å². The molecule has 7 heteroatoms. The molecule has 3 aromatic rings. The average molecular weight is 328 g/mol. The molecule has 6 nitrogen and oxygen atoms in total. The van der Waals surface area contributed by atoms with E-state index in [0.717, 1.165) is 5.69 Å². The van der Waals surface area contributed by atoms with Crippen LogP contribution in [0.25, 0.3) is 10.2 Å². The molecule has 0 atom stereocenters. The Morgan fingerprint density at radius 3 is 2.65 bits per heavy atom. The van der Waals surface area contributed by atoms with Crippen LogP contribution in [0.1, 0.15) is 26.8 Å². The van der Waals surface area contributed by atoms with Gasteiger partial charge in [-0.1, -0.05) is 6.07 Å². The topological polar surface area (TPSA) is 76.9 Å². The molecule has 3 rings (SSSR count). The third-order valence-corrected chi connectivity index (χ3v) is 4.92. The molecule has 0 aliphatic rings. The van der Waals surface area contributed by atoms with Gasteiger partial charge in [0.25, 0.3) is 11.5 Å². The maximum absolute atomic E-state index is 12.5. The van der Waals surface area contributed by atoms with E-state index in [2.05, 4.69) is 15.3 Å². The van der Waals surface area contributed by atoms with Crippen molar-refractivity contribution in [2.24, 2.45) is 7.05 Å². The third kappa shape index (κ3) is 2.63. The summed E-state index contributed by atoms with van der Waals surface area (Å²) in [5.41, 5.74) is 1.35. The minimum atomic E-state index is -0.275. The van der Waals surface area contributed by atoms with Gasteiger partial charge in [-0.15, -0.1) is 11.3 Å². The molecule has 0 saturated heterocycles. The van der Waals surface area contributed by atoms with Gasteiger partial charge in [-0.25, -0.2) is 9.97 Å². The summed E-state index contributed by atoms with van der Waals surface area (Å²) in [5.74, 6) is 0.836. The van der Waals surface area contributed by atoms with E-state index in [9.17, 15) is 9.59 Å². The summed E-state index contributed by atoms with van der Waals surface area (Å²) in [6.07, 6.45) is 0. The van der Waals surface area contributed by atoms with Crippen LogP contribution in [0, 0.1) is 20.8 Å². The molecular formula is C16H16N4O2S. The predicted octanol–water partition coefficient (Wildman–Crippen LogP) is 2.57. The van der Waals surface area contributed by atoms with Crippen LogP contribution in [0.5, 0.6) is 0 Å². The summed E-state index contributed by atoms with van der Waals surface area (Å²) in [6.45, 7) is 5.40. The van der Waals surface area contributed by atoms with Gasteiger partial charge in [0.2, 0.25) is 0 Å². The lowest BCUT2D eigenvalue weighted by Crippen LogP contribution is -2.20. The highest BCUT2D eigenvalue weighted by atomic mass is 32.1. The molecule has 0 spiro atoms. The first-order valence-corrected chi connectivity index (χ1v) is 7.92. The van der Waals surface area contributed by atoms with Crippen molar-refractivity contribution in [3.8, 4) is 0 Å². The van der Waals surface area contributed by atoms with Crippen molar-refractivity contribution in [2.45, 2.75) is 20.8 Å². The zero-order chi connectivity index (χ0) is 16.7. The Kier molecular flexibility index (Phi) is 3.73. The first kappa shape index (κ1) is 15.4. The second-order valence-electron chi connectivity index (χ2n) is 5.38. The molecule has 3 heterocycles. The van der Waals surface area contributed by atoms with E-state index in [0.29, 0.717) is 32.3 Å². The Morgan fingerprint density at radius 1 is 1.22 bits per heavy atom. The van der Waals surface area contributed by atoms with Crippen molar-refractivity contribution < 1.29 is 4.79 Å². The van der Waals surface area contributed by atoms with Crippen molar-refractivity contribution in [3.63, 3.8) is 0 Å². The number of carbonyl (C=O) groups is 1. The van der Waals surface area contributed by atoms with Crippen LogP contribution in [0.2, 0.25) is 0 Å². The number of fused-ring (bicyclic) bond motifs is 1. The molecule has 0 unspecified atom stereocenters. The number of hydrogen-bond donors (Lipinski definition) is 1. The van der Waals surface area contributed by atoms with E-state index >= 15 is 0 Å². The molecule has 0 aliphatic carbocycles. The maximum atomic E-state index is 12.5. The second-order valence-corrected chi connectivity index (χ2v) is 6.38. The minimum absolute atomic E-state index is 0.131.